The van der Waals surface area contributed by atoms with Gasteiger partial charge in [-0.3, -0.25) is 4.79 Å². The van der Waals surface area contributed by atoms with Crippen LogP contribution in [0.15, 0.2) is 30.3 Å². The van der Waals surface area contributed by atoms with E-state index in [1.165, 1.54) is 11.1 Å². The van der Waals surface area contributed by atoms with Gasteiger partial charge in [0.2, 0.25) is 5.91 Å². The maximum absolute atomic E-state index is 11.8. The number of benzene rings is 1. The van der Waals surface area contributed by atoms with Crippen LogP contribution in [0.2, 0.25) is 0 Å². The van der Waals surface area contributed by atoms with Gasteiger partial charge in [-0.2, -0.15) is 0 Å². The van der Waals surface area contributed by atoms with Gasteiger partial charge in [0, 0.05) is 50.3 Å². The van der Waals surface area contributed by atoms with Crippen LogP contribution in [0.1, 0.15) is 54.7 Å². The number of amides is 1. The van der Waals surface area contributed by atoms with Crippen LogP contribution in [0.25, 0.3) is 0 Å². The molecular weight excluding hydrogens is 348 g/mol. The van der Waals surface area contributed by atoms with E-state index in [4.69, 9.17) is 9.97 Å². The highest BCUT2D eigenvalue weighted by atomic mass is 16.2. The molecule has 3 heterocycles. The Kier molecular flexibility index (Phi) is 5.60. The largest absolute Gasteiger partial charge is 0.356 e. The SMILES string of the molecule is CC(=O)N1CCCC(c2nc(C)c3c(n2)N(CCc2ccccc2)CCC3)C1. The quantitative estimate of drug-likeness (QED) is 0.817. The summed E-state index contributed by atoms with van der Waals surface area (Å²) < 4.78 is 0. The van der Waals surface area contributed by atoms with Crippen molar-refractivity contribution in [1.29, 1.82) is 0 Å². The van der Waals surface area contributed by atoms with Crippen molar-refractivity contribution in [1.82, 2.24) is 14.9 Å². The smallest absolute Gasteiger partial charge is 0.219 e. The summed E-state index contributed by atoms with van der Waals surface area (Å²) in [4.78, 5) is 26.2. The van der Waals surface area contributed by atoms with Gasteiger partial charge in [0.05, 0.1) is 0 Å². The van der Waals surface area contributed by atoms with Crippen LogP contribution in [0.3, 0.4) is 0 Å². The highest BCUT2D eigenvalue weighted by Gasteiger charge is 2.28. The molecule has 0 spiro atoms. The van der Waals surface area contributed by atoms with Crippen LogP contribution in [0, 0.1) is 6.92 Å². The topological polar surface area (TPSA) is 49.3 Å². The number of carbonyl (C=O) groups is 1. The fourth-order valence-corrected chi connectivity index (χ4v) is 4.49. The van der Waals surface area contributed by atoms with Crippen molar-refractivity contribution in [3.63, 3.8) is 0 Å². The van der Waals surface area contributed by atoms with Gasteiger partial charge in [-0.1, -0.05) is 30.3 Å². The minimum absolute atomic E-state index is 0.156. The Hall–Kier alpha value is -2.43. The number of aromatic nitrogens is 2. The standard InChI is InChI=1S/C23H30N4O/c1-17-21-11-7-13-26(15-12-19-8-4-3-5-9-19)23(21)25-22(24-17)20-10-6-14-27(16-20)18(2)28/h3-5,8-9,20H,6-7,10-16H2,1-2H3. The number of nitrogens with zero attached hydrogens (tertiary/aromatic N) is 4. The molecule has 2 aromatic rings. The fourth-order valence-electron chi connectivity index (χ4n) is 4.49. The van der Waals surface area contributed by atoms with E-state index < -0.39 is 0 Å². The van der Waals surface area contributed by atoms with Crippen molar-refractivity contribution in [2.45, 2.75) is 51.9 Å². The summed E-state index contributed by atoms with van der Waals surface area (Å²) in [5.74, 6) is 2.46. The lowest BCUT2D eigenvalue weighted by atomic mass is 9.96. The van der Waals surface area contributed by atoms with Gasteiger partial charge < -0.3 is 9.80 Å². The Morgan fingerprint density at radius 3 is 2.75 bits per heavy atom. The number of aryl methyl sites for hydroxylation is 1. The third-order valence-electron chi connectivity index (χ3n) is 6.11. The molecule has 28 heavy (non-hydrogen) atoms. The summed E-state index contributed by atoms with van der Waals surface area (Å²) in [5.41, 5.74) is 3.79. The molecule has 1 saturated heterocycles. The second kappa shape index (κ2) is 8.29. The molecule has 0 N–H and O–H groups in total. The number of fused-ring (bicyclic) bond motifs is 1. The van der Waals surface area contributed by atoms with E-state index in [-0.39, 0.29) is 11.8 Å². The Morgan fingerprint density at radius 2 is 1.96 bits per heavy atom. The molecule has 0 radical (unpaired) electrons. The van der Waals surface area contributed by atoms with Crippen molar-refractivity contribution >= 4 is 11.7 Å². The Bertz CT molecular complexity index is 836. The van der Waals surface area contributed by atoms with Crippen LogP contribution >= 0.6 is 0 Å². The maximum atomic E-state index is 11.8. The monoisotopic (exact) mass is 378 g/mol. The van der Waals surface area contributed by atoms with Crippen LogP contribution in [-0.2, 0) is 17.6 Å². The molecule has 1 amide bonds. The summed E-state index contributed by atoms with van der Waals surface area (Å²) >= 11 is 0. The first kappa shape index (κ1) is 18.9. The minimum Gasteiger partial charge on any atom is -0.356 e. The molecular formula is C23H30N4O. The maximum Gasteiger partial charge on any atom is 0.219 e. The first-order valence-electron chi connectivity index (χ1n) is 10.5. The van der Waals surface area contributed by atoms with Crippen LogP contribution in [-0.4, -0.2) is 47.0 Å². The second-order valence-corrected chi connectivity index (χ2v) is 8.10. The molecule has 0 aliphatic carbocycles. The van der Waals surface area contributed by atoms with Crippen molar-refractivity contribution in [3.8, 4) is 0 Å². The molecule has 0 bridgehead atoms. The summed E-state index contributed by atoms with van der Waals surface area (Å²) in [7, 11) is 0. The lowest BCUT2D eigenvalue weighted by Crippen LogP contribution is -2.39. The van der Waals surface area contributed by atoms with Gasteiger partial charge in [0.15, 0.2) is 0 Å². The van der Waals surface area contributed by atoms with E-state index >= 15 is 0 Å². The van der Waals surface area contributed by atoms with Gasteiger partial charge in [-0.15, -0.1) is 0 Å². The summed E-state index contributed by atoms with van der Waals surface area (Å²) in [6.45, 7) is 7.43. The van der Waals surface area contributed by atoms with Crippen molar-refractivity contribution in [3.05, 3.63) is 53.0 Å². The van der Waals surface area contributed by atoms with Crippen molar-refractivity contribution < 1.29 is 4.79 Å². The van der Waals surface area contributed by atoms with E-state index in [1.54, 1.807) is 6.92 Å². The zero-order valence-electron chi connectivity index (χ0n) is 17.0. The minimum atomic E-state index is 0.156. The molecule has 1 unspecified atom stereocenters. The molecule has 2 aliphatic rings. The lowest BCUT2D eigenvalue weighted by molar-refractivity contribution is -0.130. The van der Waals surface area contributed by atoms with E-state index in [9.17, 15) is 4.79 Å². The van der Waals surface area contributed by atoms with Crippen molar-refractivity contribution in [2.75, 3.05) is 31.1 Å². The second-order valence-electron chi connectivity index (χ2n) is 8.10. The van der Waals surface area contributed by atoms with Crippen LogP contribution in [0.5, 0.6) is 0 Å². The fraction of sp³-hybridized carbons (Fsp3) is 0.522. The molecule has 4 rings (SSSR count). The lowest BCUT2D eigenvalue weighted by Gasteiger charge is -2.34. The molecule has 5 heteroatoms. The van der Waals surface area contributed by atoms with E-state index in [1.807, 2.05) is 4.90 Å². The third-order valence-corrected chi connectivity index (χ3v) is 6.11. The van der Waals surface area contributed by atoms with Gasteiger partial charge in [0.1, 0.15) is 11.6 Å². The Labute approximate surface area is 167 Å². The highest BCUT2D eigenvalue weighted by Crippen LogP contribution is 2.31. The molecule has 5 nitrogen and oxygen atoms in total. The average molecular weight is 379 g/mol. The van der Waals surface area contributed by atoms with E-state index in [0.717, 1.165) is 75.6 Å². The number of carbonyl (C=O) groups excluding carboxylic acids is 1. The zero-order valence-corrected chi connectivity index (χ0v) is 17.0. The molecule has 2 aliphatic heterocycles. The highest BCUT2D eigenvalue weighted by molar-refractivity contribution is 5.73. The molecule has 1 atom stereocenters. The van der Waals surface area contributed by atoms with Gasteiger partial charge in [-0.25, -0.2) is 9.97 Å². The number of hydrogen-bond donors (Lipinski definition) is 0. The molecule has 1 fully saturated rings. The number of hydrogen-bond acceptors (Lipinski definition) is 4. The average Bonchev–Trinajstić information content (AvgIpc) is 2.73. The zero-order chi connectivity index (χ0) is 19.5. The van der Waals surface area contributed by atoms with Crippen molar-refractivity contribution in [2.24, 2.45) is 0 Å². The Morgan fingerprint density at radius 1 is 1.14 bits per heavy atom. The van der Waals surface area contributed by atoms with Crippen LogP contribution in [0.4, 0.5) is 5.82 Å². The predicted octanol–water partition coefficient (Wildman–Crippen LogP) is 3.51. The summed E-state index contributed by atoms with van der Waals surface area (Å²) in [6, 6.07) is 10.7. The molecule has 1 aromatic carbocycles. The predicted molar refractivity (Wildman–Crippen MR) is 112 cm³/mol. The summed E-state index contributed by atoms with van der Waals surface area (Å²) in [5, 5.41) is 0. The van der Waals surface area contributed by atoms with E-state index in [0.29, 0.717) is 0 Å². The first-order valence-corrected chi connectivity index (χ1v) is 10.5. The number of piperidine rings is 1. The molecule has 0 saturated carbocycles. The summed E-state index contributed by atoms with van der Waals surface area (Å²) in [6.07, 6.45) is 5.34. The van der Waals surface area contributed by atoms with Crippen LogP contribution < -0.4 is 4.90 Å². The third kappa shape index (κ3) is 4.03. The van der Waals surface area contributed by atoms with E-state index in [2.05, 4.69) is 42.2 Å². The van der Waals surface area contributed by atoms with Gasteiger partial charge in [0.25, 0.3) is 0 Å². The van der Waals surface area contributed by atoms with Gasteiger partial charge >= 0.3 is 0 Å². The number of likely N-dealkylation sites (tertiary alicyclic amines) is 1. The molecule has 1 aromatic heterocycles. The number of rotatable bonds is 4. The van der Waals surface area contributed by atoms with Gasteiger partial charge in [-0.05, 0) is 44.6 Å². The Balaban J connectivity index is 1.56. The molecule has 148 valence electrons. The first-order chi connectivity index (χ1) is 13.6. The number of anilines is 1. The normalized spacial score (nSPS) is 19.4.